The Bertz CT molecular complexity index is 1540. The third kappa shape index (κ3) is 3.30. The van der Waals surface area contributed by atoms with E-state index in [0.29, 0.717) is 29.4 Å². The molecule has 3 aromatic rings. The summed E-state index contributed by atoms with van der Waals surface area (Å²) in [6.07, 6.45) is 5.37. The molecule has 2 aromatic heterocycles. The van der Waals surface area contributed by atoms with Gasteiger partial charge in [-0.3, -0.25) is 14.6 Å². The maximum Gasteiger partial charge on any atom is 0.340 e. The fraction of sp³-hybridized carbons (Fsp3) is 0.286. The highest BCUT2D eigenvalue weighted by atomic mass is 16.5. The molecule has 0 radical (unpaired) electrons. The van der Waals surface area contributed by atoms with Crippen LogP contribution in [0.5, 0.6) is 5.75 Å². The minimum atomic E-state index is -1.79. The second-order valence-corrected chi connectivity index (χ2v) is 9.73. The molecule has 1 aromatic carbocycles. The van der Waals surface area contributed by atoms with E-state index in [1.807, 2.05) is 24.3 Å². The first-order valence-corrected chi connectivity index (χ1v) is 12.2. The third-order valence-electron chi connectivity index (χ3n) is 7.47. The number of anilines is 1. The predicted molar refractivity (Wildman–Crippen MR) is 135 cm³/mol. The Labute approximate surface area is 213 Å². The summed E-state index contributed by atoms with van der Waals surface area (Å²) in [4.78, 5) is 47.9. The number of para-hydroxylation sites is 1. The summed E-state index contributed by atoms with van der Waals surface area (Å²) in [5.41, 5.74) is 6.67. The summed E-state index contributed by atoms with van der Waals surface area (Å²) in [6, 6.07) is 12.6. The number of pyridine rings is 2. The normalized spacial score (nSPS) is 20.1. The standard InChI is InChI=1S/C28H26N4O5/c1-16-13-21-22(25(33)31(16)14-18-9-11-30-12-10-18)28(23(24(29)37-21)26(34)36-2)19-5-3-4-6-20(19)32(27(28)35)15-17-7-8-17/h3-6,9-13,17H,7-8,14-15,29H2,1-2H3. The van der Waals surface area contributed by atoms with Gasteiger partial charge in [-0.1, -0.05) is 18.2 Å². The molecule has 1 aliphatic carbocycles. The number of methoxy groups -OCH3 is 1. The number of aromatic nitrogens is 2. The zero-order chi connectivity index (χ0) is 25.9. The van der Waals surface area contributed by atoms with Crippen molar-refractivity contribution in [1.82, 2.24) is 9.55 Å². The van der Waals surface area contributed by atoms with Gasteiger partial charge in [-0.05, 0) is 49.4 Å². The first-order valence-electron chi connectivity index (χ1n) is 12.2. The molecule has 2 aliphatic heterocycles. The minimum Gasteiger partial charge on any atom is -0.465 e. The van der Waals surface area contributed by atoms with Gasteiger partial charge < -0.3 is 24.7 Å². The largest absolute Gasteiger partial charge is 0.465 e. The lowest BCUT2D eigenvalue weighted by Gasteiger charge is -2.36. The molecule has 2 N–H and O–H groups in total. The molecule has 0 bridgehead atoms. The van der Waals surface area contributed by atoms with E-state index in [2.05, 4.69) is 4.98 Å². The van der Waals surface area contributed by atoms with Gasteiger partial charge >= 0.3 is 5.97 Å². The molecule has 37 heavy (non-hydrogen) atoms. The van der Waals surface area contributed by atoms with E-state index in [9.17, 15) is 14.4 Å². The maximum absolute atomic E-state index is 14.6. The van der Waals surface area contributed by atoms with Crippen molar-refractivity contribution in [2.75, 3.05) is 18.6 Å². The zero-order valence-corrected chi connectivity index (χ0v) is 20.6. The number of esters is 1. The quantitative estimate of drug-likeness (QED) is 0.537. The van der Waals surface area contributed by atoms with Crippen LogP contribution in [0, 0.1) is 12.8 Å². The summed E-state index contributed by atoms with van der Waals surface area (Å²) in [5.74, 6) is -0.933. The maximum atomic E-state index is 14.6. The lowest BCUT2D eigenvalue weighted by Crippen LogP contribution is -2.52. The summed E-state index contributed by atoms with van der Waals surface area (Å²) < 4.78 is 12.6. The number of carbonyl (C=O) groups excluding carboxylic acids is 2. The monoisotopic (exact) mass is 498 g/mol. The van der Waals surface area contributed by atoms with Gasteiger partial charge in [0.2, 0.25) is 11.8 Å². The van der Waals surface area contributed by atoms with E-state index >= 15 is 0 Å². The number of hydrogen-bond donors (Lipinski definition) is 1. The number of nitrogens with two attached hydrogens (primary N) is 1. The Morgan fingerprint density at radius 1 is 1.19 bits per heavy atom. The molecular formula is C28H26N4O5. The molecule has 1 atom stereocenters. The Kier molecular flexibility index (Phi) is 5.18. The van der Waals surface area contributed by atoms with Crippen molar-refractivity contribution >= 4 is 17.6 Å². The Hall–Kier alpha value is -4.40. The molecule has 0 saturated heterocycles. The molecule has 4 heterocycles. The summed E-state index contributed by atoms with van der Waals surface area (Å²) >= 11 is 0. The minimum absolute atomic E-state index is 0.0671. The average molecular weight is 499 g/mol. The molecule has 9 heteroatoms. The second kappa shape index (κ2) is 8.33. The highest BCUT2D eigenvalue weighted by Crippen LogP contribution is 2.55. The van der Waals surface area contributed by atoms with Crippen molar-refractivity contribution in [3.63, 3.8) is 0 Å². The van der Waals surface area contributed by atoms with Crippen molar-refractivity contribution < 1.29 is 19.1 Å². The molecule has 6 rings (SSSR count). The number of amides is 1. The van der Waals surface area contributed by atoms with Crippen LogP contribution < -0.4 is 20.9 Å². The first-order chi connectivity index (χ1) is 17.9. The van der Waals surface area contributed by atoms with E-state index in [1.54, 1.807) is 47.0 Å². The van der Waals surface area contributed by atoms with Gasteiger partial charge in [-0.2, -0.15) is 0 Å². The molecule has 3 aliphatic rings. The van der Waals surface area contributed by atoms with Crippen LogP contribution in [0.3, 0.4) is 0 Å². The van der Waals surface area contributed by atoms with Crippen molar-refractivity contribution in [3.05, 3.63) is 99.1 Å². The predicted octanol–water partition coefficient (Wildman–Crippen LogP) is 2.38. The first kappa shape index (κ1) is 23.0. The van der Waals surface area contributed by atoms with Crippen LogP contribution in [0.2, 0.25) is 0 Å². The van der Waals surface area contributed by atoms with Gasteiger partial charge in [-0.25, -0.2) is 4.79 Å². The Morgan fingerprint density at radius 3 is 2.62 bits per heavy atom. The number of benzene rings is 1. The van der Waals surface area contributed by atoms with Crippen LogP contribution in [0.1, 0.15) is 35.2 Å². The average Bonchev–Trinajstić information content (AvgIpc) is 3.69. The van der Waals surface area contributed by atoms with Crippen LogP contribution in [-0.4, -0.2) is 35.1 Å². The number of hydrogen-bond acceptors (Lipinski definition) is 7. The van der Waals surface area contributed by atoms with Crippen molar-refractivity contribution in [3.8, 4) is 5.75 Å². The van der Waals surface area contributed by atoms with Crippen LogP contribution in [0.25, 0.3) is 0 Å². The zero-order valence-electron chi connectivity index (χ0n) is 20.6. The van der Waals surface area contributed by atoms with Gasteiger partial charge in [0.15, 0.2) is 0 Å². The fourth-order valence-corrected chi connectivity index (χ4v) is 5.54. The second-order valence-electron chi connectivity index (χ2n) is 9.73. The highest BCUT2D eigenvalue weighted by Gasteiger charge is 2.62. The SMILES string of the molecule is COC(=O)C1=C(N)Oc2cc(C)n(Cc3ccncc3)c(=O)c2C12C(=O)N(CC1CC1)c1ccccc12. The summed E-state index contributed by atoms with van der Waals surface area (Å²) in [7, 11) is 1.22. The number of rotatable bonds is 5. The molecule has 1 amide bonds. The molecule has 9 nitrogen and oxygen atoms in total. The topological polar surface area (TPSA) is 117 Å². The van der Waals surface area contributed by atoms with E-state index in [0.717, 1.165) is 18.4 Å². The molecule has 1 spiro atoms. The summed E-state index contributed by atoms with van der Waals surface area (Å²) in [5, 5.41) is 0. The van der Waals surface area contributed by atoms with Crippen molar-refractivity contribution in [1.29, 1.82) is 0 Å². The van der Waals surface area contributed by atoms with Crippen LogP contribution in [0.4, 0.5) is 5.69 Å². The molecule has 188 valence electrons. The smallest absolute Gasteiger partial charge is 0.340 e. The Balaban J connectivity index is 1.67. The van der Waals surface area contributed by atoms with Crippen LogP contribution in [0.15, 0.2) is 71.1 Å². The lowest BCUT2D eigenvalue weighted by atomic mass is 9.68. The van der Waals surface area contributed by atoms with Crippen molar-refractivity contribution in [2.45, 2.75) is 31.7 Å². The van der Waals surface area contributed by atoms with Gasteiger partial charge in [-0.15, -0.1) is 0 Å². The molecule has 1 fully saturated rings. The molecule has 1 saturated carbocycles. The van der Waals surface area contributed by atoms with Gasteiger partial charge in [0.25, 0.3) is 5.56 Å². The fourth-order valence-electron chi connectivity index (χ4n) is 5.54. The number of fused-ring (bicyclic) bond motifs is 4. The molecular weight excluding hydrogens is 472 g/mol. The van der Waals surface area contributed by atoms with Crippen LogP contribution in [-0.2, 0) is 26.3 Å². The van der Waals surface area contributed by atoms with Gasteiger partial charge in [0.05, 0.1) is 19.2 Å². The lowest BCUT2D eigenvalue weighted by molar-refractivity contribution is -0.138. The van der Waals surface area contributed by atoms with E-state index in [4.69, 9.17) is 15.2 Å². The van der Waals surface area contributed by atoms with E-state index in [1.165, 1.54) is 7.11 Å². The van der Waals surface area contributed by atoms with E-state index in [-0.39, 0.29) is 29.3 Å². The Morgan fingerprint density at radius 2 is 1.92 bits per heavy atom. The number of ether oxygens (including phenoxy) is 2. The van der Waals surface area contributed by atoms with E-state index < -0.39 is 22.9 Å². The van der Waals surface area contributed by atoms with Crippen LogP contribution >= 0.6 is 0 Å². The number of aryl methyl sites for hydroxylation is 1. The van der Waals surface area contributed by atoms with Gasteiger partial charge in [0, 0.05) is 41.9 Å². The summed E-state index contributed by atoms with van der Waals surface area (Å²) in [6.45, 7) is 2.54. The third-order valence-corrected chi connectivity index (χ3v) is 7.47. The number of nitrogens with zero attached hydrogens (tertiary/aromatic N) is 3. The highest BCUT2D eigenvalue weighted by molar-refractivity contribution is 6.18. The number of carbonyl (C=O) groups is 2. The van der Waals surface area contributed by atoms with Crippen molar-refractivity contribution in [2.24, 2.45) is 11.7 Å². The van der Waals surface area contributed by atoms with Gasteiger partial charge in [0.1, 0.15) is 16.7 Å². The molecule has 1 unspecified atom stereocenters.